The highest BCUT2D eigenvalue weighted by Gasteiger charge is 2.29. The van der Waals surface area contributed by atoms with Gasteiger partial charge < -0.3 is 19.5 Å². The molecule has 0 spiro atoms. The van der Waals surface area contributed by atoms with Gasteiger partial charge in [0.2, 0.25) is 0 Å². The van der Waals surface area contributed by atoms with E-state index in [1.54, 1.807) is 31.2 Å². The summed E-state index contributed by atoms with van der Waals surface area (Å²) >= 11 is 6.51. The molecule has 0 saturated heterocycles. The largest absolute Gasteiger partial charge is 0.478 e. The van der Waals surface area contributed by atoms with Gasteiger partial charge in [-0.05, 0) is 52.6 Å². The van der Waals surface area contributed by atoms with Crippen LogP contribution in [-0.2, 0) is 9.53 Å². The molecule has 39 heavy (non-hydrogen) atoms. The van der Waals surface area contributed by atoms with Gasteiger partial charge in [0.15, 0.2) is 18.2 Å². The molecule has 3 aromatic carbocycles. The number of aliphatic hydroxyl groups is 1. The highest BCUT2D eigenvalue weighted by Crippen LogP contribution is 2.41. The molecular weight excluding hydrogens is 549 g/mol. The van der Waals surface area contributed by atoms with Crippen LogP contribution in [0.5, 0.6) is 5.75 Å². The number of likely N-dealkylation sites (N-methyl/N-ethyl adjacent to an activating group) is 1. The molecule has 12 heteroatoms. The van der Waals surface area contributed by atoms with Crippen molar-refractivity contribution >= 4 is 29.2 Å². The summed E-state index contributed by atoms with van der Waals surface area (Å²) in [6, 6.07) is 11.9. The number of hydrogen-bond acceptors (Lipinski definition) is 5. The number of esters is 1. The average Bonchev–Trinajstić information content (AvgIpc) is 2.89. The molecule has 0 saturated carbocycles. The summed E-state index contributed by atoms with van der Waals surface area (Å²) in [6.45, 7) is -2.19. The van der Waals surface area contributed by atoms with Crippen molar-refractivity contribution in [2.75, 3.05) is 25.7 Å². The molecule has 2 atom stereocenters. The van der Waals surface area contributed by atoms with E-state index < -0.39 is 36.3 Å². The van der Waals surface area contributed by atoms with Crippen LogP contribution in [-0.4, -0.2) is 44.4 Å². The second-order valence-electron chi connectivity index (χ2n) is 8.50. The molecule has 4 rings (SSSR count). The lowest BCUT2D eigenvalue weighted by Crippen LogP contribution is -2.36. The van der Waals surface area contributed by atoms with E-state index in [0.717, 1.165) is 0 Å². The number of halogens is 6. The zero-order valence-electron chi connectivity index (χ0n) is 20.9. The highest BCUT2D eigenvalue weighted by atomic mass is 35.5. The molecule has 0 aliphatic carbocycles. The standard InChI is InChI=1S/C26H22ClF2NO5.CHF3/c1-13(24(32)16-10-21(29)25-22(11-16)30(2)23(31)12-35-25)17-6-4-14(8-19(17)27)15-5-7-18(20(28)9-15)26(33)34-3;2-1(3)4/h4-11,13,24,32H,12H2,1-3H3;1H/t13-,24?;/m0./s1. The van der Waals surface area contributed by atoms with E-state index in [9.17, 15) is 36.6 Å². The van der Waals surface area contributed by atoms with Crippen molar-refractivity contribution in [3.63, 3.8) is 0 Å². The molecule has 3 aromatic rings. The number of ether oxygens (including phenoxy) is 2. The Balaban J connectivity index is 0.000000983. The first-order valence-electron chi connectivity index (χ1n) is 11.4. The lowest BCUT2D eigenvalue weighted by atomic mass is 9.89. The molecule has 1 aliphatic heterocycles. The minimum atomic E-state index is -3.67. The summed E-state index contributed by atoms with van der Waals surface area (Å²) in [4.78, 5) is 24.8. The third-order valence-corrected chi connectivity index (χ3v) is 6.46. The van der Waals surface area contributed by atoms with Crippen LogP contribution < -0.4 is 9.64 Å². The van der Waals surface area contributed by atoms with Crippen LogP contribution >= 0.6 is 11.6 Å². The Labute approximate surface area is 225 Å². The molecule has 1 aliphatic rings. The summed E-state index contributed by atoms with van der Waals surface area (Å²) in [5.41, 5.74) is 2.02. The van der Waals surface area contributed by atoms with E-state index in [-0.39, 0.29) is 35.1 Å². The number of rotatable bonds is 5. The van der Waals surface area contributed by atoms with E-state index in [1.165, 1.54) is 43.3 Å². The lowest BCUT2D eigenvalue weighted by molar-refractivity contribution is -0.121. The van der Waals surface area contributed by atoms with E-state index in [4.69, 9.17) is 16.3 Å². The summed E-state index contributed by atoms with van der Waals surface area (Å²) in [5.74, 6) is -3.08. The van der Waals surface area contributed by atoms with Gasteiger partial charge in [0, 0.05) is 18.0 Å². The number of benzene rings is 3. The second kappa shape index (κ2) is 12.4. The molecule has 208 valence electrons. The number of nitrogens with zero attached hydrogens (tertiary/aromatic N) is 1. The van der Waals surface area contributed by atoms with Gasteiger partial charge in [-0.1, -0.05) is 36.7 Å². The van der Waals surface area contributed by atoms with Crippen molar-refractivity contribution in [2.45, 2.75) is 25.6 Å². The molecule has 0 radical (unpaired) electrons. The molecule has 0 fully saturated rings. The molecule has 6 nitrogen and oxygen atoms in total. The highest BCUT2D eigenvalue weighted by molar-refractivity contribution is 6.31. The van der Waals surface area contributed by atoms with Crippen molar-refractivity contribution in [3.05, 3.63) is 81.9 Å². The summed E-state index contributed by atoms with van der Waals surface area (Å²) in [7, 11) is 2.69. The Morgan fingerprint density at radius 3 is 2.26 bits per heavy atom. The van der Waals surface area contributed by atoms with Gasteiger partial charge in [-0.15, -0.1) is 0 Å². The Morgan fingerprint density at radius 1 is 1.05 bits per heavy atom. The van der Waals surface area contributed by atoms with Crippen LogP contribution in [0.2, 0.25) is 5.02 Å². The molecule has 0 aromatic heterocycles. The van der Waals surface area contributed by atoms with Crippen molar-refractivity contribution in [1.82, 2.24) is 0 Å². The Hall–Kier alpha value is -3.70. The van der Waals surface area contributed by atoms with Crippen molar-refractivity contribution in [2.24, 2.45) is 0 Å². The fourth-order valence-electron chi connectivity index (χ4n) is 4.03. The number of fused-ring (bicyclic) bond motifs is 1. The van der Waals surface area contributed by atoms with Crippen molar-refractivity contribution in [3.8, 4) is 16.9 Å². The number of alkyl halides is 3. The van der Waals surface area contributed by atoms with Gasteiger partial charge in [-0.3, -0.25) is 4.79 Å². The Morgan fingerprint density at radius 2 is 1.67 bits per heavy atom. The molecule has 1 unspecified atom stereocenters. The number of anilines is 1. The van der Waals surface area contributed by atoms with Crippen LogP contribution in [0, 0.1) is 11.6 Å². The number of methoxy groups -OCH3 is 1. The molecule has 1 amide bonds. The van der Waals surface area contributed by atoms with Gasteiger partial charge in [-0.2, -0.15) is 13.2 Å². The fourth-order valence-corrected chi connectivity index (χ4v) is 4.38. The maximum absolute atomic E-state index is 14.7. The van der Waals surface area contributed by atoms with Gasteiger partial charge >= 0.3 is 12.6 Å². The predicted octanol–water partition coefficient (Wildman–Crippen LogP) is 6.44. The molecule has 1 N–H and O–H groups in total. The number of carbonyl (C=O) groups is 2. The number of hydrogen-bond donors (Lipinski definition) is 1. The lowest BCUT2D eigenvalue weighted by Gasteiger charge is -2.28. The first kappa shape index (κ1) is 29.9. The summed E-state index contributed by atoms with van der Waals surface area (Å²) in [5, 5.41) is 11.3. The predicted molar refractivity (Wildman–Crippen MR) is 134 cm³/mol. The molecule has 0 bridgehead atoms. The number of amides is 1. The van der Waals surface area contributed by atoms with E-state index in [0.29, 0.717) is 21.7 Å². The van der Waals surface area contributed by atoms with Gasteiger partial charge in [0.1, 0.15) is 5.82 Å². The van der Waals surface area contributed by atoms with E-state index >= 15 is 0 Å². The van der Waals surface area contributed by atoms with Crippen LogP contribution in [0.3, 0.4) is 0 Å². The summed E-state index contributed by atoms with van der Waals surface area (Å²) < 4.78 is 67.8. The van der Waals surface area contributed by atoms with Crippen LogP contribution in [0.4, 0.5) is 27.6 Å². The topological polar surface area (TPSA) is 76.1 Å². The van der Waals surface area contributed by atoms with Crippen molar-refractivity contribution in [1.29, 1.82) is 0 Å². The average molecular weight is 572 g/mol. The minimum Gasteiger partial charge on any atom is -0.478 e. The van der Waals surface area contributed by atoms with Gasteiger partial charge in [-0.25, -0.2) is 13.6 Å². The third kappa shape index (κ3) is 6.66. The second-order valence-corrected chi connectivity index (χ2v) is 8.90. The van der Waals surface area contributed by atoms with Crippen LogP contribution in [0.25, 0.3) is 11.1 Å². The summed E-state index contributed by atoms with van der Waals surface area (Å²) in [6.07, 6.45) is -1.14. The molecular formula is C27H23ClF5NO5. The third-order valence-electron chi connectivity index (χ3n) is 6.14. The monoisotopic (exact) mass is 571 g/mol. The Kier molecular flexibility index (Phi) is 9.52. The zero-order chi connectivity index (χ0) is 29.0. The SMILES string of the molecule is COC(=O)c1ccc(-c2ccc([C@H](C)C(O)c3cc(F)c4c(c3)N(C)C(=O)CO4)c(Cl)c2)cc1F.FC(F)F. The quantitative estimate of drug-likeness (QED) is 0.282. The molecule has 1 heterocycles. The Bertz CT molecular complexity index is 1380. The minimum absolute atomic E-state index is 0.0384. The van der Waals surface area contributed by atoms with Gasteiger partial charge in [0.05, 0.1) is 24.5 Å². The first-order valence-corrected chi connectivity index (χ1v) is 11.7. The smallest absolute Gasteiger partial charge is 0.379 e. The van der Waals surface area contributed by atoms with Crippen LogP contribution in [0.15, 0.2) is 48.5 Å². The van der Waals surface area contributed by atoms with E-state index in [1.807, 2.05) is 0 Å². The number of aliphatic hydroxyl groups excluding tert-OH is 1. The zero-order valence-corrected chi connectivity index (χ0v) is 21.6. The van der Waals surface area contributed by atoms with Crippen LogP contribution in [0.1, 0.15) is 40.4 Å². The van der Waals surface area contributed by atoms with E-state index in [2.05, 4.69) is 4.74 Å². The first-order chi connectivity index (χ1) is 18.3. The maximum Gasteiger partial charge on any atom is 0.379 e. The maximum atomic E-state index is 14.7. The number of carbonyl (C=O) groups excluding carboxylic acids is 2. The van der Waals surface area contributed by atoms with Gasteiger partial charge in [0.25, 0.3) is 5.91 Å². The fraction of sp³-hybridized carbons (Fsp3) is 0.259. The van der Waals surface area contributed by atoms with Crippen molar-refractivity contribution < 1.29 is 46.1 Å². The normalized spacial score (nSPS) is 14.1.